The number of aromatic nitrogens is 1. The Bertz CT molecular complexity index is 1570. The molecule has 0 bridgehead atoms. The van der Waals surface area contributed by atoms with Crippen molar-refractivity contribution < 1.29 is 24.2 Å². The molecule has 3 aromatic carbocycles. The van der Waals surface area contributed by atoms with Gasteiger partial charge in [-0.15, -0.1) is 0 Å². The van der Waals surface area contributed by atoms with Crippen LogP contribution < -0.4 is 14.4 Å². The minimum atomic E-state index is -0.882. The van der Waals surface area contributed by atoms with Gasteiger partial charge >= 0.3 is 5.91 Å². The molecule has 1 N–H and O–H groups in total. The highest BCUT2D eigenvalue weighted by Crippen LogP contribution is 2.45. The third-order valence-electron chi connectivity index (χ3n) is 6.83. The van der Waals surface area contributed by atoms with Crippen molar-refractivity contribution in [3.63, 3.8) is 0 Å². The number of amides is 1. The number of aliphatic hydroxyl groups excluding tert-OH is 1. The molecule has 1 atom stereocenters. The average Bonchev–Trinajstić information content (AvgIpc) is 3.49. The van der Waals surface area contributed by atoms with Crippen molar-refractivity contribution in [3.8, 4) is 11.5 Å². The number of Topliss-reactive ketones (excluding diaryl/α,β-unsaturated/α-hetero) is 1. The molecule has 8 heteroatoms. The molecule has 1 aliphatic heterocycles. The summed E-state index contributed by atoms with van der Waals surface area (Å²) >= 11 is 1.30. The Kier molecular flexibility index (Phi) is 8.16. The average molecular weight is 557 g/mol. The molecule has 4 aromatic rings. The van der Waals surface area contributed by atoms with Crippen molar-refractivity contribution in [2.24, 2.45) is 0 Å². The van der Waals surface area contributed by atoms with E-state index in [1.54, 1.807) is 12.1 Å². The molecule has 206 valence electrons. The fourth-order valence-electron chi connectivity index (χ4n) is 4.78. The molecule has 0 spiro atoms. The number of aliphatic hydroxyl groups is 1. The number of fused-ring (bicyclic) bond motifs is 1. The maximum atomic E-state index is 13.6. The zero-order chi connectivity index (χ0) is 28.2. The molecule has 0 radical (unpaired) electrons. The molecular weight excluding hydrogens is 524 g/mol. The number of ketones is 1. The van der Waals surface area contributed by atoms with E-state index in [0.717, 1.165) is 29.5 Å². The van der Waals surface area contributed by atoms with E-state index < -0.39 is 17.7 Å². The van der Waals surface area contributed by atoms with Crippen molar-refractivity contribution in [2.45, 2.75) is 46.1 Å². The van der Waals surface area contributed by atoms with Gasteiger partial charge in [0.2, 0.25) is 0 Å². The molecule has 2 heterocycles. The van der Waals surface area contributed by atoms with Crippen molar-refractivity contribution in [2.75, 3.05) is 18.1 Å². The van der Waals surface area contributed by atoms with E-state index in [-0.39, 0.29) is 11.3 Å². The zero-order valence-corrected chi connectivity index (χ0v) is 23.7. The predicted molar refractivity (Wildman–Crippen MR) is 158 cm³/mol. The minimum Gasteiger partial charge on any atom is -0.507 e. The number of hydrogen-bond donors (Lipinski definition) is 1. The van der Waals surface area contributed by atoms with Crippen LogP contribution in [0.5, 0.6) is 11.5 Å². The largest absolute Gasteiger partial charge is 0.507 e. The van der Waals surface area contributed by atoms with Crippen LogP contribution in [0.2, 0.25) is 0 Å². The zero-order valence-electron chi connectivity index (χ0n) is 22.8. The maximum Gasteiger partial charge on any atom is 0.301 e. The van der Waals surface area contributed by atoms with Gasteiger partial charge in [-0.25, -0.2) is 4.98 Å². The van der Waals surface area contributed by atoms with Crippen LogP contribution in [0.1, 0.15) is 55.8 Å². The van der Waals surface area contributed by atoms with Gasteiger partial charge in [0, 0.05) is 5.56 Å². The number of carbonyl (C=O) groups is 2. The summed E-state index contributed by atoms with van der Waals surface area (Å²) in [6.07, 6.45) is 3.09. The Hall–Kier alpha value is -4.17. The molecule has 7 nitrogen and oxygen atoms in total. The van der Waals surface area contributed by atoms with Gasteiger partial charge in [0.15, 0.2) is 5.13 Å². The molecule has 0 saturated carbocycles. The van der Waals surface area contributed by atoms with E-state index in [9.17, 15) is 14.7 Å². The highest BCUT2D eigenvalue weighted by atomic mass is 32.1. The van der Waals surface area contributed by atoms with Crippen LogP contribution in [0, 0.1) is 6.92 Å². The van der Waals surface area contributed by atoms with Gasteiger partial charge in [0.25, 0.3) is 5.78 Å². The summed E-state index contributed by atoms with van der Waals surface area (Å²) < 4.78 is 12.4. The third-order valence-corrected chi connectivity index (χ3v) is 7.84. The second-order valence-electron chi connectivity index (χ2n) is 9.72. The van der Waals surface area contributed by atoms with E-state index in [2.05, 4.69) is 6.92 Å². The SMILES string of the molecule is CCCCCOc1cccc(C2/C(=C(\O)c3ccc(C)cc3)C(=O)C(=O)N2c2nc3ccc(OCC)cc3s2)c1. The Morgan fingerprint density at radius 3 is 2.50 bits per heavy atom. The van der Waals surface area contributed by atoms with Crippen LogP contribution in [0.3, 0.4) is 0 Å². The van der Waals surface area contributed by atoms with Crippen LogP contribution in [-0.4, -0.2) is 35.0 Å². The molecule has 40 heavy (non-hydrogen) atoms. The Morgan fingerprint density at radius 1 is 0.975 bits per heavy atom. The molecule has 5 rings (SSSR count). The Balaban J connectivity index is 1.63. The third kappa shape index (κ3) is 5.45. The van der Waals surface area contributed by atoms with Gasteiger partial charge in [-0.2, -0.15) is 0 Å². The number of ether oxygens (including phenoxy) is 2. The monoisotopic (exact) mass is 556 g/mol. The molecular formula is C32H32N2O5S. The first-order chi connectivity index (χ1) is 19.4. The summed E-state index contributed by atoms with van der Waals surface area (Å²) in [6, 6.07) is 19.2. The summed E-state index contributed by atoms with van der Waals surface area (Å²) in [5, 5.41) is 11.8. The summed E-state index contributed by atoms with van der Waals surface area (Å²) in [5.74, 6) is -0.375. The van der Waals surface area contributed by atoms with Gasteiger partial charge in [-0.05, 0) is 56.2 Å². The number of carbonyl (C=O) groups excluding carboxylic acids is 2. The highest BCUT2D eigenvalue weighted by molar-refractivity contribution is 7.22. The lowest BCUT2D eigenvalue weighted by atomic mass is 9.95. The topological polar surface area (TPSA) is 89.0 Å². The van der Waals surface area contributed by atoms with E-state index in [0.29, 0.717) is 46.5 Å². The molecule has 1 amide bonds. The molecule has 1 aliphatic rings. The lowest BCUT2D eigenvalue weighted by Crippen LogP contribution is -2.29. The number of anilines is 1. The standard InChI is InChI=1S/C32H32N2O5S/c1-4-6-7-17-39-23-10-8-9-22(18-23)28-27(29(35)21-13-11-20(3)12-14-21)30(36)31(37)34(28)32-33-25-16-15-24(38-5-2)19-26(25)40-32/h8-16,18-19,28,35H,4-7,17H2,1-3H3/b29-27+. The number of unbranched alkanes of at least 4 members (excludes halogenated alkanes) is 2. The summed E-state index contributed by atoms with van der Waals surface area (Å²) in [4.78, 5) is 33.3. The predicted octanol–water partition coefficient (Wildman–Crippen LogP) is 7.20. The van der Waals surface area contributed by atoms with Crippen LogP contribution >= 0.6 is 11.3 Å². The number of nitrogens with zero attached hydrogens (tertiary/aromatic N) is 2. The van der Waals surface area contributed by atoms with Crippen LogP contribution in [0.4, 0.5) is 5.13 Å². The van der Waals surface area contributed by atoms with Crippen molar-refractivity contribution in [1.82, 2.24) is 4.98 Å². The van der Waals surface area contributed by atoms with E-state index >= 15 is 0 Å². The van der Waals surface area contributed by atoms with Crippen LogP contribution in [0.25, 0.3) is 16.0 Å². The highest BCUT2D eigenvalue weighted by Gasteiger charge is 2.48. The van der Waals surface area contributed by atoms with Gasteiger partial charge in [-0.1, -0.05) is 73.1 Å². The van der Waals surface area contributed by atoms with Crippen molar-refractivity contribution in [1.29, 1.82) is 0 Å². The molecule has 1 unspecified atom stereocenters. The first kappa shape index (κ1) is 27.4. The first-order valence-electron chi connectivity index (χ1n) is 13.6. The van der Waals surface area contributed by atoms with Gasteiger partial charge < -0.3 is 14.6 Å². The normalized spacial score (nSPS) is 16.6. The van der Waals surface area contributed by atoms with Gasteiger partial charge in [0.05, 0.1) is 35.0 Å². The summed E-state index contributed by atoms with van der Waals surface area (Å²) in [5.41, 5.74) is 2.84. The second-order valence-corrected chi connectivity index (χ2v) is 10.7. The lowest BCUT2D eigenvalue weighted by molar-refractivity contribution is -0.132. The fourth-order valence-corrected chi connectivity index (χ4v) is 5.80. The van der Waals surface area contributed by atoms with E-state index in [1.165, 1.54) is 16.2 Å². The smallest absolute Gasteiger partial charge is 0.301 e. The fraction of sp³-hybridized carbons (Fsp3) is 0.281. The van der Waals surface area contributed by atoms with Crippen molar-refractivity contribution >= 4 is 44.1 Å². The summed E-state index contributed by atoms with van der Waals surface area (Å²) in [6.45, 7) is 7.09. The second kappa shape index (κ2) is 11.9. The van der Waals surface area contributed by atoms with E-state index in [4.69, 9.17) is 14.5 Å². The minimum absolute atomic E-state index is 0.0197. The quantitative estimate of drug-likeness (QED) is 0.0962. The van der Waals surface area contributed by atoms with Gasteiger partial charge in [0.1, 0.15) is 17.3 Å². The van der Waals surface area contributed by atoms with Crippen LogP contribution in [-0.2, 0) is 9.59 Å². The summed E-state index contributed by atoms with van der Waals surface area (Å²) in [7, 11) is 0. The number of benzene rings is 3. The van der Waals surface area contributed by atoms with E-state index in [1.807, 2.05) is 68.4 Å². The number of hydrogen-bond acceptors (Lipinski definition) is 7. The van der Waals surface area contributed by atoms with Crippen molar-refractivity contribution in [3.05, 3.63) is 89.0 Å². The number of aryl methyl sites for hydroxylation is 1. The number of thiazole rings is 1. The van der Waals surface area contributed by atoms with Gasteiger partial charge in [-0.3, -0.25) is 14.5 Å². The molecule has 1 saturated heterocycles. The number of rotatable bonds is 10. The molecule has 1 fully saturated rings. The lowest BCUT2D eigenvalue weighted by Gasteiger charge is -2.23. The Morgan fingerprint density at radius 2 is 1.75 bits per heavy atom. The Labute approximate surface area is 237 Å². The molecule has 1 aromatic heterocycles. The van der Waals surface area contributed by atoms with Crippen LogP contribution in [0.15, 0.2) is 72.3 Å². The first-order valence-corrected chi connectivity index (χ1v) is 14.4. The maximum absolute atomic E-state index is 13.6. The molecule has 0 aliphatic carbocycles.